The quantitative estimate of drug-likeness (QED) is 0.739. The van der Waals surface area contributed by atoms with Gasteiger partial charge in [0.25, 0.3) is 0 Å². The number of nitrogens with one attached hydrogen (secondary N) is 1. The Kier molecular flexibility index (Phi) is 4.01. The van der Waals surface area contributed by atoms with E-state index >= 15 is 0 Å². The molecular weight excluding hydrogens is 393 g/mol. The minimum atomic E-state index is 0.0347. The number of nitrogens with zero attached hydrogens (tertiary/aromatic N) is 4. The van der Waals surface area contributed by atoms with E-state index in [1.807, 2.05) is 24.7 Å². The Morgan fingerprint density at radius 1 is 1.25 bits per heavy atom. The smallest absolute Gasteiger partial charge is 0.143 e. The van der Waals surface area contributed by atoms with Crippen LogP contribution in [0.4, 0.5) is 0 Å². The maximum Gasteiger partial charge on any atom is 0.143 e. The van der Waals surface area contributed by atoms with Crippen molar-refractivity contribution in [2.75, 3.05) is 13.1 Å². The molecule has 5 atom stereocenters. The summed E-state index contributed by atoms with van der Waals surface area (Å²) >= 11 is 0. The monoisotopic (exact) mass is 425 g/mol. The first-order valence-corrected chi connectivity index (χ1v) is 12.5. The second kappa shape index (κ2) is 6.66. The third kappa shape index (κ3) is 2.78. The Labute approximate surface area is 191 Å². The minimum Gasteiger partial charge on any atom is -0.382 e. The number of rotatable bonds is 5. The number of allylic oxidation sites excluding steroid dienone is 2. The molecule has 1 spiro atoms. The molecule has 3 aliphatic carbocycles. The van der Waals surface area contributed by atoms with E-state index in [1.54, 1.807) is 0 Å². The first-order chi connectivity index (χ1) is 15.6. The van der Waals surface area contributed by atoms with Crippen LogP contribution in [0.25, 0.3) is 0 Å². The van der Waals surface area contributed by atoms with E-state index in [-0.39, 0.29) is 6.04 Å². The normalized spacial score (nSPS) is 39.8. The van der Waals surface area contributed by atoms with Crippen molar-refractivity contribution in [3.05, 3.63) is 53.0 Å². The molecular formula is C26H32BN5. The highest BCUT2D eigenvalue weighted by molar-refractivity contribution is 6.34. The summed E-state index contributed by atoms with van der Waals surface area (Å²) in [5.41, 5.74) is 7.48. The molecule has 6 heteroatoms. The number of aromatic nitrogens is 1. The Balaban J connectivity index is 1.06. The molecule has 0 radical (unpaired) electrons. The van der Waals surface area contributed by atoms with Crippen LogP contribution >= 0.6 is 0 Å². The molecule has 1 aromatic rings. The maximum atomic E-state index is 5.15. The second-order valence-electron chi connectivity index (χ2n) is 11.4. The summed E-state index contributed by atoms with van der Waals surface area (Å²) in [6, 6.07) is 5.01. The fraction of sp³-hybridized carbons (Fsp3) is 0.577. The van der Waals surface area contributed by atoms with Crippen molar-refractivity contribution in [2.45, 2.75) is 57.7 Å². The molecule has 3 aliphatic heterocycles. The molecule has 3 unspecified atom stereocenters. The Bertz CT molecular complexity index is 1080. The average Bonchev–Trinajstić information content (AvgIpc) is 3.62. The third-order valence-electron chi connectivity index (χ3n) is 9.60. The summed E-state index contributed by atoms with van der Waals surface area (Å²) in [6.45, 7) is 5.80. The first kappa shape index (κ1) is 19.3. The van der Waals surface area contributed by atoms with Crippen LogP contribution in [0.3, 0.4) is 0 Å². The average molecular weight is 425 g/mol. The van der Waals surface area contributed by atoms with Crippen LogP contribution < -0.4 is 5.32 Å². The highest BCUT2D eigenvalue weighted by Crippen LogP contribution is 2.89. The number of pyridine rings is 1. The van der Waals surface area contributed by atoms with Gasteiger partial charge in [-0.2, -0.15) is 0 Å². The van der Waals surface area contributed by atoms with Crippen molar-refractivity contribution < 1.29 is 0 Å². The van der Waals surface area contributed by atoms with E-state index in [9.17, 15) is 0 Å². The number of piperidine rings is 1. The highest BCUT2D eigenvalue weighted by atomic mass is 15.2. The third-order valence-corrected chi connectivity index (χ3v) is 9.60. The molecule has 1 saturated heterocycles. The van der Waals surface area contributed by atoms with E-state index < -0.39 is 0 Å². The van der Waals surface area contributed by atoms with Crippen molar-refractivity contribution in [1.29, 1.82) is 0 Å². The zero-order valence-electron chi connectivity index (χ0n) is 19.2. The van der Waals surface area contributed by atoms with Crippen molar-refractivity contribution in [1.82, 2.24) is 15.2 Å². The lowest BCUT2D eigenvalue weighted by atomic mass is 9.86. The van der Waals surface area contributed by atoms with Gasteiger partial charge in [0.05, 0.1) is 5.70 Å². The summed E-state index contributed by atoms with van der Waals surface area (Å²) in [6.07, 6.45) is 15.0. The molecule has 1 N–H and O–H groups in total. The van der Waals surface area contributed by atoms with Crippen LogP contribution in [-0.4, -0.2) is 54.8 Å². The number of hydrogen-bond acceptors (Lipinski definition) is 5. The fourth-order valence-corrected chi connectivity index (χ4v) is 7.57. The van der Waals surface area contributed by atoms with Gasteiger partial charge in [0.15, 0.2) is 0 Å². The van der Waals surface area contributed by atoms with E-state index in [2.05, 4.69) is 42.1 Å². The van der Waals surface area contributed by atoms with Crippen molar-refractivity contribution in [3.63, 3.8) is 0 Å². The van der Waals surface area contributed by atoms with Crippen molar-refractivity contribution in [3.8, 4) is 0 Å². The predicted octanol–water partition coefficient (Wildman–Crippen LogP) is 2.71. The van der Waals surface area contributed by atoms with Gasteiger partial charge < -0.3 is 10.2 Å². The van der Waals surface area contributed by atoms with E-state index in [4.69, 9.17) is 9.98 Å². The predicted molar refractivity (Wildman–Crippen MR) is 130 cm³/mol. The van der Waals surface area contributed by atoms with Gasteiger partial charge in [0.1, 0.15) is 13.9 Å². The van der Waals surface area contributed by atoms with E-state index in [0.717, 1.165) is 29.6 Å². The zero-order valence-corrected chi connectivity index (χ0v) is 19.2. The number of dihydropyridines is 1. The lowest BCUT2D eigenvalue weighted by Gasteiger charge is -2.38. The second-order valence-corrected chi connectivity index (χ2v) is 11.4. The molecule has 0 aromatic carbocycles. The number of likely N-dealkylation sites (tertiary alicyclic amines) is 1. The molecule has 1 aromatic heterocycles. The molecule has 4 fully saturated rings. The topological polar surface area (TPSA) is 52.9 Å². The molecule has 32 heavy (non-hydrogen) atoms. The Hall–Kier alpha value is -2.21. The van der Waals surface area contributed by atoms with E-state index in [0.29, 0.717) is 11.3 Å². The fourth-order valence-electron chi connectivity index (χ4n) is 7.57. The van der Waals surface area contributed by atoms with Crippen LogP contribution in [0.2, 0.25) is 0 Å². The van der Waals surface area contributed by atoms with E-state index in [1.165, 1.54) is 67.6 Å². The standard InChI is InChI=1S/C26H32BN5/c1-25-11-22(18-10-26(18,25)15-25)32-7-4-17(5-8-32)20-9-21(24-23(31-20)19(27)14-30-24)29-13-16-3-2-6-28-12-16/h2-3,6,9,12,14,17-18,22,24,29H,4-5,7-8,10-11,13,15,27H2,1H3/t18-,22?,24?,25-,26?/m1/s1. The van der Waals surface area contributed by atoms with Gasteiger partial charge >= 0.3 is 0 Å². The summed E-state index contributed by atoms with van der Waals surface area (Å²) < 4.78 is 0. The van der Waals surface area contributed by atoms with Crippen LogP contribution in [0, 0.1) is 22.7 Å². The highest BCUT2D eigenvalue weighted by Gasteiger charge is 2.83. The Morgan fingerprint density at radius 3 is 2.84 bits per heavy atom. The molecule has 3 saturated carbocycles. The zero-order chi connectivity index (χ0) is 21.5. The number of hydrogen-bond donors (Lipinski definition) is 1. The lowest BCUT2D eigenvalue weighted by molar-refractivity contribution is 0.125. The van der Waals surface area contributed by atoms with Crippen LogP contribution in [-0.2, 0) is 6.54 Å². The molecule has 4 heterocycles. The molecule has 6 aliphatic rings. The van der Waals surface area contributed by atoms with Gasteiger partial charge in [0, 0.05) is 48.5 Å². The number of aliphatic imine (C=N–C) groups is 2. The number of fused-ring (bicyclic) bond motifs is 1. The van der Waals surface area contributed by atoms with Gasteiger partial charge in [-0.25, -0.2) is 0 Å². The van der Waals surface area contributed by atoms with Gasteiger partial charge in [-0.15, -0.1) is 0 Å². The Morgan fingerprint density at radius 2 is 2.12 bits per heavy atom. The first-order valence-electron chi connectivity index (χ1n) is 12.5. The van der Waals surface area contributed by atoms with Crippen LogP contribution in [0.1, 0.15) is 44.6 Å². The van der Waals surface area contributed by atoms with Gasteiger partial charge in [-0.3, -0.25) is 15.0 Å². The van der Waals surface area contributed by atoms with Crippen molar-refractivity contribution in [2.24, 2.45) is 32.7 Å². The maximum absolute atomic E-state index is 5.15. The molecule has 7 rings (SSSR count). The van der Waals surface area contributed by atoms with Crippen molar-refractivity contribution >= 4 is 19.8 Å². The van der Waals surface area contributed by atoms with Gasteiger partial charge in [0.2, 0.25) is 0 Å². The lowest BCUT2D eigenvalue weighted by Crippen LogP contribution is -2.44. The van der Waals surface area contributed by atoms with Gasteiger partial charge in [-0.05, 0) is 85.1 Å². The summed E-state index contributed by atoms with van der Waals surface area (Å²) in [4.78, 5) is 17.0. The largest absolute Gasteiger partial charge is 0.382 e. The minimum absolute atomic E-state index is 0.0347. The summed E-state index contributed by atoms with van der Waals surface area (Å²) in [5.74, 6) is 1.58. The van der Waals surface area contributed by atoms with Gasteiger partial charge in [-0.1, -0.05) is 13.0 Å². The molecule has 5 nitrogen and oxygen atoms in total. The van der Waals surface area contributed by atoms with Crippen LogP contribution in [0.5, 0.6) is 0 Å². The van der Waals surface area contributed by atoms with Crippen LogP contribution in [0.15, 0.2) is 57.5 Å². The summed E-state index contributed by atoms with van der Waals surface area (Å²) in [5, 5.41) is 3.66. The summed E-state index contributed by atoms with van der Waals surface area (Å²) in [7, 11) is 2.14. The SMILES string of the molecule is BC1=C2N=C(C3CCN(C4C[C@]5(C)CC56C[C@H]46)CC3)C=C(NCc3cccnc3)C2N=C1. The molecule has 0 amide bonds. The molecule has 164 valence electrons. The molecule has 0 bridgehead atoms.